The monoisotopic (exact) mass is 566 g/mol. The summed E-state index contributed by atoms with van der Waals surface area (Å²) in [7, 11) is 0. The van der Waals surface area contributed by atoms with Gasteiger partial charge in [0.1, 0.15) is 6.61 Å². The molecule has 1 aliphatic heterocycles. The van der Waals surface area contributed by atoms with Crippen LogP contribution in [0.2, 0.25) is 0 Å². The van der Waals surface area contributed by atoms with Gasteiger partial charge in [-0.3, -0.25) is 19.3 Å². The molecule has 178 valence electrons. The van der Waals surface area contributed by atoms with Gasteiger partial charge in [0.2, 0.25) is 5.95 Å². The molecule has 0 saturated carbocycles. The quantitative estimate of drug-likeness (QED) is 0.306. The molecule has 0 fully saturated rings. The number of fused-ring (bicyclic) bond motifs is 2. The number of aromatic nitrogens is 4. The van der Waals surface area contributed by atoms with E-state index >= 15 is 0 Å². The molecular weight excluding hydrogens is 555 g/mol. The van der Waals surface area contributed by atoms with E-state index in [2.05, 4.69) is 40.6 Å². The van der Waals surface area contributed by atoms with Gasteiger partial charge in [0.05, 0.1) is 28.2 Å². The van der Waals surface area contributed by atoms with E-state index in [9.17, 15) is 18.8 Å². The molecule has 3 heterocycles. The van der Waals surface area contributed by atoms with Crippen LogP contribution in [0.3, 0.4) is 0 Å². The van der Waals surface area contributed by atoms with Crippen molar-refractivity contribution in [2.24, 2.45) is 0 Å². The number of benzene rings is 2. The topological polar surface area (TPSA) is 127 Å². The SMILES string of the molecule is O=C1c2c(Nc3nc(F)nc(OCCN4C(=O)C=CC4=O)n3)ccc(Br)c2-c2nsc3cccc1c23. The molecule has 2 aromatic heterocycles. The molecular formula is C23H12BrFN6O4S. The van der Waals surface area contributed by atoms with Gasteiger partial charge < -0.3 is 10.1 Å². The molecule has 0 radical (unpaired) electrons. The van der Waals surface area contributed by atoms with E-state index in [1.165, 1.54) is 11.5 Å². The molecule has 0 atom stereocenters. The Hall–Kier alpha value is -4.10. The third kappa shape index (κ3) is 3.63. The highest BCUT2D eigenvalue weighted by atomic mass is 79.9. The van der Waals surface area contributed by atoms with Gasteiger partial charge in [0.25, 0.3) is 11.8 Å². The Labute approximate surface area is 214 Å². The highest BCUT2D eigenvalue weighted by Crippen LogP contribution is 2.46. The number of carbonyl (C=O) groups is 3. The van der Waals surface area contributed by atoms with Crippen molar-refractivity contribution in [1.29, 1.82) is 0 Å². The standard InChI is InChI=1S/C23H12BrFN6O4S/c24-11-4-5-12(18-17(11)19-16-10(20(18)34)2-1-3-13(16)36-30-19)26-22-27-21(25)28-23(29-22)35-9-8-31-14(32)6-7-15(31)33/h1-7H,8-9H2,(H,26,27,28,29). The van der Waals surface area contributed by atoms with Gasteiger partial charge in [0.15, 0.2) is 5.78 Å². The third-order valence-corrected chi connectivity index (χ3v) is 7.11. The lowest BCUT2D eigenvalue weighted by Crippen LogP contribution is -2.34. The number of hydrogen-bond donors (Lipinski definition) is 1. The van der Waals surface area contributed by atoms with Crippen LogP contribution >= 0.6 is 27.5 Å². The van der Waals surface area contributed by atoms with Gasteiger partial charge >= 0.3 is 12.1 Å². The number of rotatable bonds is 6. The molecule has 36 heavy (non-hydrogen) atoms. The van der Waals surface area contributed by atoms with Crippen molar-refractivity contribution in [3.8, 4) is 17.3 Å². The number of carbonyl (C=O) groups excluding carboxylic acids is 3. The van der Waals surface area contributed by atoms with Crippen molar-refractivity contribution in [1.82, 2.24) is 24.2 Å². The predicted molar refractivity (Wildman–Crippen MR) is 131 cm³/mol. The average Bonchev–Trinajstić information content (AvgIpc) is 3.42. The molecule has 1 aliphatic carbocycles. The van der Waals surface area contributed by atoms with E-state index in [-0.39, 0.29) is 30.9 Å². The molecule has 0 saturated heterocycles. The third-order valence-electron chi connectivity index (χ3n) is 5.64. The van der Waals surface area contributed by atoms with Crippen molar-refractivity contribution in [3.05, 3.63) is 64.2 Å². The Morgan fingerprint density at radius 3 is 2.64 bits per heavy atom. The number of hydrogen-bond acceptors (Lipinski definition) is 10. The molecule has 10 nitrogen and oxygen atoms in total. The van der Waals surface area contributed by atoms with E-state index in [1.807, 2.05) is 6.07 Å². The van der Waals surface area contributed by atoms with Crippen molar-refractivity contribution >= 4 is 66.8 Å². The zero-order chi connectivity index (χ0) is 25.0. The molecule has 4 aromatic rings. The summed E-state index contributed by atoms with van der Waals surface area (Å²) in [6.45, 7) is -0.207. The van der Waals surface area contributed by atoms with Crippen LogP contribution in [0.15, 0.2) is 47.0 Å². The van der Waals surface area contributed by atoms with Gasteiger partial charge in [-0.15, -0.1) is 4.98 Å². The highest BCUT2D eigenvalue weighted by Gasteiger charge is 2.32. The normalized spacial score (nSPS) is 14.1. The van der Waals surface area contributed by atoms with Gasteiger partial charge in [-0.1, -0.05) is 28.1 Å². The van der Waals surface area contributed by atoms with Gasteiger partial charge in [-0.25, -0.2) is 0 Å². The van der Waals surface area contributed by atoms with Crippen LogP contribution in [0.25, 0.3) is 21.3 Å². The fraction of sp³-hybridized carbons (Fsp3) is 0.0870. The van der Waals surface area contributed by atoms with Crippen LogP contribution in [0.4, 0.5) is 16.0 Å². The Morgan fingerprint density at radius 1 is 1.03 bits per heavy atom. The maximum Gasteiger partial charge on any atom is 0.323 e. The Kier molecular flexibility index (Phi) is 5.30. The number of imide groups is 1. The van der Waals surface area contributed by atoms with E-state index < -0.39 is 17.9 Å². The first-order valence-corrected chi connectivity index (χ1v) is 12.1. The van der Waals surface area contributed by atoms with Crippen molar-refractivity contribution in [2.45, 2.75) is 0 Å². The van der Waals surface area contributed by atoms with Crippen LogP contribution in [0, 0.1) is 6.08 Å². The first-order chi connectivity index (χ1) is 17.4. The van der Waals surface area contributed by atoms with Gasteiger partial charge in [-0.2, -0.15) is 18.7 Å². The summed E-state index contributed by atoms with van der Waals surface area (Å²) < 4.78 is 25.7. The Morgan fingerprint density at radius 2 is 1.83 bits per heavy atom. The van der Waals surface area contributed by atoms with E-state index in [0.29, 0.717) is 32.5 Å². The molecule has 2 aromatic carbocycles. The highest BCUT2D eigenvalue weighted by molar-refractivity contribution is 9.10. The second-order valence-corrected chi connectivity index (χ2v) is 9.39. The molecule has 0 unspecified atom stereocenters. The molecule has 13 heteroatoms. The largest absolute Gasteiger partial charge is 0.461 e. The fourth-order valence-corrected chi connectivity index (χ4v) is 5.42. The number of nitrogens with zero attached hydrogens (tertiary/aromatic N) is 5. The first kappa shape index (κ1) is 22.4. The van der Waals surface area contributed by atoms with Crippen LogP contribution in [-0.4, -0.2) is 55.0 Å². The zero-order valence-electron chi connectivity index (χ0n) is 18.0. The fourth-order valence-electron chi connectivity index (χ4n) is 4.09. The van der Waals surface area contributed by atoms with Crippen LogP contribution in [0.5, 0.6) is 6.01 Å². The predicted octanol–water partition coefficient (Wildman–Crippen LogP) is 3.64. The summed E-state index contributed by atoms with van der Waals surface area (Å²) in [6, 6.07) is 8.52. The van der Waals surface area contributed by atoms with Gasteiger partial charge in [-0.05, 0) is 29.7 Å². The number of nitrogens with one attached hydrogen (secondary N) is 1. The lowest BCUT2D eigenvalue weighted by molar-refractivity contribution is -0.137. The second-order valence-electron chi connectivity index (χ2n) is 7.73. The second kappa shape index (κ2) is 8.53. The summed E-state index contributed by atoms with van der Waals surface area (Å²) in [6.07, 6.45) is 1.20. The molecule has 1 N–H and O–H groups in total. The van der Waals surface area contributed by atoms with E-state index in [4.69, 9.17) is 4.74 Å². The maximum atomic E-state index is 14.2. The van der Waals surface area contributed by atoms with Crippen LogP contribution in [-0.2, 0) is 9.59 Å². The maximum absolute atomic E-state index is 14.2. The smallest absolute Gasteiger partial charge is 0.323 e. The molecule has 2 amide bonds. The number of halogens is 2. The molecule has 6 rings (SSSR count). The summed E-state index contributed by atoms with van der Waals surface area (Å²) in [5, 5.41) is 3.69. The summed E-state index contributed by atoms with van der Waals surface area (Å²) in [5.41, 5.74) is 2.52. The number of ether oxygens (including phenoxy) is 1. The van der Waals surface area contributed by atoms with Crippen molar-refractivity contribution in [2.75, 3.05) is 18.5 Å². The van der Waals surface area contributed by atoms with Crippen molar-refractivity contribution in [3.63, 3.8) is 0 Å². The van der Waals surface area contributed by atoms with E-state index in [1.54, 1.807) is 24.3 Å². The van der Waals surface area contributed by atoms with Crippen LogP contribution < -0.4 is 10.1 Å². The minimum Gasteiger partial charge on any atom is -0.461 e. The number of anilines is 2. The Bertz CT molecular complexity index is 1640. The average molecular weight is 567 g/mol. The van der Waals surface area contributed by atoms with Gasteiger partial charge in [0, 0.05) is 33.1 Å². The van der Waals surface area contributed by atoms with Crippen LogP contribution in [0.1, 0.15) is 15.9 Å². The lowest BCUT2D eigenvalue weighted by atomic mass is 9.86. The zero-order valence-corrected chi connectivity index (χ0v) is 20.4. The summed E-state index contributed by atoms with van der Waals surface area (Å²) in [4.78, 5) is 49.0. The molecule has 0 spiro atoms. The Balaban J connectivity index is 1.30. The summed E-state index contributed by atoms with van der Waals surface area (Å²) >= 11 is 4.83. The minimum absolute atomic E-state index is 0.0586. The molecule has 2 aliphatic rings. The van der Waals surface area contributed by atoms with Crippen molar-refractivity contribution < 1.29 is 23.5 Å². The lowest BCUT2D eigenvalue weighted by Gasteiger charge is -2.20. The van der Waals surface area contributed by atoms with E-state index in [0.717, 1.165) is 27.1 Å². The minimum atomic E-state index is -1.11. The summed E-state index contributed by atoms with van der Waals surface area (Å²) in [5.74, 6) is -1.33. The molecule has 0 bridgehead atoms. The first-order valence-electron chi connectivity index (χ1n) is 10.5. The number of ketones is 1. The number of amides is 2.